The number of carbonyl (C=O) groups is 2. The van der Waals surface area contributed by atoms with E-state index in [0.717, 1.165) is 16.8 Å². The standard InChI is InChI=1S/C16H22N4O3/c1-10-9-12(14-11(2)18-20(4)15(14)17-10)16(22)19(3)8-6-7-13(21)23-5/h9H,6-8H2,1-5H3. The Morgan fingerprint density at radius 3 is 2.70 bits per heavy atom. The number of methoxy groups -OCH3 is 1. The van der Waals surface area contributed by atoms with Crippen LogP contribution in [-0.4, -0.2) is 52.2 Å². The molecule has 0 radical (unpaired) electrons. The Kier molecular flexibility index (Phi) is 4.98. The van der Waals surface area contributed by atoms with Gasteiger partial charge >= 0.3 is 5.97 Å². The van der Waals surface area contributed by atoms with Crippen molar-refractivity contribution in [3.05, 3.63) is 23.0 Å². The predicted molar refractivity (Wildman–Crippen MR) is 86.2 cm³/mol. The van der Waals surface area contributed by atoms with Crippen molar-refractivity contribution in [1.82, 2.24) is 19.7 Å². The number of aryl methyl sites for hydroxylation is 3. The first-order valence-electron chi connectivity index (χ1n) is 7.48. The minimum absolute atomic E-state index is 0.0959. The quantitative estimate of drug-likeness (QED) is 0.783. The molecule has 0 aromatic carbocycles. The molecule has 2 rings (SSSR count). The molecule has 0 N–H and O–H groups in total. The zero-order valence-corrected chi connectivity index (χ0v) is 14.2. The lowest BCUT2D eigenvalue weighted by Crippen LogP contribution is -2.28. The van der Waals surface area contributed by atoms with Crippen LogP contribution < -0.4 is 0 Å². The fourth-order valence-corrected chi connectivity index (χ4v) is 2.61. The molecule has 7 heteroatoms. The van der Waals surface area contributed by atoms with Gasteiger partial charge in [-0.2, -0.15) is 5.10 Å². The van der Waals surface area contributed by atoms with E-state index in [1.165, 1.54) is 7.11 Å². The molecule has 2 aromatic rings. The van der Waals surface area contributed by atoms with Crippen molar-refractivity contribution in [2.24, 2.45) is 7.05 Å². The zero-order chi connectivity index (χ0) is 17.1. The first-order valence-corrected chi connectivity index (χ1v) is 7.48. The smallest absolute Gasteiger partial charge is 0.305 e. The molecular weight excluding hydrogens is 296 g/mol. The number of hydrogen-bond donors (Lipinski definition) is 0. The van der Waals surface area contributed by atoms with Crippen molar-refractivity contribution in [3.63, 3.8) is 0 Å². The molecule has 0 fully saturated rings. The van der Waals surface area contributed by atoms with Gasteiger partial charge in [-0.15, -0.1) is 0 Å². The van der Waals surface area contributed by atoms with Gasteiger partial charge in [0.2, 0.25) is 0 Å². The maximum absolute atomic E-state index is 12.8. The first-order chi connectivity index (χ1) is 10.8. The Hall–Kier alpha value is -2.44. The summed E-state index contributed by atoms with van der Waals surface area (Å²) in [6.07, 6.45) is 0.860. The molecule has 2 aromatic heterocycles. The Labute approximate surface area is 135 Å². The third-order valence-electron chi connectivity index (χ3n) is 3.78. The maximum atomic E-state index is 12.8. The van der Waals surface area contributed by atoms with Gasteiger partial charge in [-0.1, -0.05) is 0 Å². The molecule has 0 bridgehead atoms. The van der Waals surface area contributed by atoms with Crippen LogP contribution in [0.5, 0.6) is 0 Å². The van der Waals surface area contributed by atoms with Crippen molar-refractivity contribution in [2.75, 3.05) is 20.7 Å². The number of esters is 1. The third kappa shape index (κ3) is 3.49. The predicted octanol–water partition coefficient (Wildman–Crippen LogP) is 1.61. The minimum atomic E-state index is -0.268. The number of rotatable bonds is 5. The van der Waals surface area contributed by atoms with E-state index in [2.05, 4.69) is 14.8 Å². The van der Waals surface area contributed by atoms with Crippen molar-refractivity contribution >= 4 is 22.9 Å². The van der Waals surface area contributed by atoms with Crippen molar-refractivity contribution < 1.29 is 14.3 Å². The molecule has 1 amide bonds. The van der Waals surface area contributed by atoms with E-state index in [1.807, 2.05) is 20.9 Å². The van der Waals surface area contributed by atoms with Gasteiger partial charge in [0.05, 0.1) is 23.8 Å². The van der Waals surface area contributed by atoms with E-state index in [-0.39, 0.29) is 11.9 Å². The number of carbonyl (C=O) groups excluding carboxylic acids is 2. The summed E-state index contributed by atoms with van der Waals surface area (Å²) in [5.74, 6) is -0.363. The average molecular weight is 318 g/mol. The molecule has 0 aliphatic carbocycles. The lowest BCUT2D eigenvalue weighted by atomic mass is 10.1. The summed E-state index contributed by atoms with van der Waals surface area (Å²) < 4.78 is 6.29. The number of pyridine rings is 1. The van der Waals surface area contributed by atoms with Crippen molar-refractivity contribution in [2.45, 2.75) is 26.7 Å². The normalized spacial score (nSPS) is 10.8. The average Bonchev–Trinajstić information content (AvgIpc) is 2.79. The Morgan fingerprint density at radius 2 is 2.04 bits per heavy atom. The van der Waals surface area contributed by atoms with Gasteiger partial charge in [0.25, 0.3) is 5.91 Å². The van der Waals surface area contributed by atoms with Crippen LogP contribution in [0.4, 0.5) is 0 Å². The lowest BCUT2D eigenvalue weighted by Gasteiger charge is -2.17. The van der Waals surface area contributed by atoms with Crippen LogP contribution in [0.15, 0.2) is 6.07 Å². The molecule has 2 heterocycles. The van der Waals surface area contributed by atoms with Crippen molar-refractivity contribution in [1.29, 1.82) is 0 Å². The number of fused-ring (bicyclic) bond motifs is 1. The Bertz CT molecular complexity index is 751. The van der Waals surface area contributed by atoms with Gasteiger partial charge in [-0.05, 0) is 26.3 Å². The van der Waals surface area contributed by atoms with Crippen LogP contribution in [0.3, 0.4) is 0 Å². The van der Waals surface area contributed by atoms with Gasteiger partial charge < -0.3 is 9.64 Å². The highest BCUT2D eigenvalue weighted by atomic mass is 16.5. The lowest BCUT2D eigenvalue weighted by molar-refractivity contribution is -0.140. The molecule has 0 saturated heterocycles. The highest BCUT2D eigenvalue weighted by molar-refractivity contribution is 6.06. The summed E-state index contributed by atoms with van der Waals surface area (Å²) >= 11 is 0. The summed E-state index contributed by atoms with van der Waals surface area (Å²) in [5, 5.41) is 5.13. The van der Waals surface area contributed by atoms with E-state index in [9.17, 15) is 9.59 Å². The number of hydrogen-bond acceptors (Lipinski definition) is 5. The molecule has 0 unspecified atom stereocenters. The van der Waals surface area contributed by atoms with Crippen LogP contribution in [0.25, 0.3) is 11.0 Å². The van der Waals surface area contributed by atoms with Gasteiger partial charge in [0, 0.05) is 32.8 Å². The summed E-state index contributed by atoms with van der Waals surface area (Å²) in [4.78, 5) is 30.0. The molecule has 7 nitrogen and oxygen atoms in total. The Morgan fingerprint density at radius 1 is 1.35 bits per heavy atom. The maximum Gasteiger partial charge on any atom is 0.305 e. The molecule has 0 atom stereocenters. The molecule has 0 saturated carbocycles. The summed E-state index contributed by atoms with van der Waals surface area (Å²) in [7, 11) is 4.90. The summed E-state index contributed by atoms with van der Waals surface area (Å²) in [5.41, 5.74) is 2.85. The number of amides is 1. The second kappa shape index (κ2) is 6.76. The van der Waals surface area contributed by atoms with E-state index in [1.54, 1.807) is 22.7 Å². The summed E-state index contributed by atoms with van der Waals surface area (Å²) in [6.45, 7) is 4.21. The van der Waals surface area contributed by atoms with Gasteiger partial charge in [-0.3, -0.25) is 14.3 Å². The largest absolute Gasteiger partial charge is 0.469 e. The molecule has 124 valence electrons. The third-order valence-corrected chi connectivity index (χ3v) is 3.78. The van der Waals surface area contributed by atoms with E-state index >= 15 is 0 Å². The van der Waals surface area contributed by atoms with Crippen LogP contribution >= 0.6 is 0 Å². The van der Waals surface area contributed by atoms with Gasteiger partial charge in [0.15, 0.2) is 5.65 Å². The van der Waals surface area contributed by atoms with Crippen LogP contribution in [0, 0.1) is 13.8 Å². The molecule has 0 aliphatic heterocycles. The van der Waals surface area contributed by atoms with E-state index in [4.69, 9.17) is 0 Å². The first kappa shape index (κ1) is 16.9. The highest BCUT2D eigenvalue weighted by Crippen LogP contribution is 2.22. The van der Waals surface area contributed by atoms with E-state index in [0.29, 0.717) is 30.6 Å². The highest BCUT2D eigenvalue weighted by Gasteiger charge is 2.20. The summed E-state index contributed by atoms with van der Waals surface area (Å²) in [6, 6.07) is 1.79. The van der Waals surface area contributed by atoms with Crippen LogP contribution in [0.2, 0.25) is 0 Å². The van der Waals surface area contributed by atoms with Crippen LogP contribution in [-0.2, 0) is 16.6 Å². The van der Waals surface area contributed by atoms with Crippen molar-refractivity contribution in [3.8, 4) is 0 Å². The zero-order valence-electron chi connectivity index (χ0n) is 14.2. The van der Waals surface area contributed by atoms with Gasteiger partial charge in [0.1, 0.15) is 0 Å². The number of nitrogens with zero attached hydrogens (tertiary/aromatic N) is 4. The molecular formula is C16H22N4O3. The number of aromatic nitrogens is 3. The SMILES string of the molecule is COC(=O)CCCN(C)C(=O)c1cc(C)nc2c1c(C)nn2C. The molecule has 0 aliphatic rings. The van der Waals surface area contributed by atoms with E-state index < -0.39 is 0 Å². The fourth-order valence-electron chi connectivity index (χ4n) is 2.61. The van der Waals surface area contributed by atoms with Crippen LogP contribution in [0.1, 0.15) is 34.6 Å². The second-order valence-corrected chi connectivity index (χ2v) is 5.63. The topological polar surface area (TPSA) is 77.3 Å². The molecule has 23 heavy (non-hydrogen) atoms. The second-order valence-electron chi connectivity index (χ2n) is 5.63. The minimum Gasteiger partial charge on any atom is -0.469 e. The van der Waals surface area contributed by atoms with Gasteiger partial charge in [-0.25, -0.2) is 4.98 Å². The number of ether oxygens (including phenoxy) is 1. The monoisotopic (exact) mass is 318 g/mol. The fraction of sp³-hybridized carbons (Fsp3) is 0.500. The molecule has 0 spiro atoms. The Balaban J connectivity index is 2.25.